The number of pyridine rings is 1. The Kier molecular flexibility index (Phi) is 5.82. The number of likely N-dealkylation sites (N-methyl/N-ethyl adjacent to an activating group) is 1. The summed E-state index contributed by atoms with van der Waals surface area (Å²) in [6.45, 7) is -1.82. The van der Waals surface area contributed by atoms with Crippen LogP contribution in [0.5, 0.6) is 11.5 Å². The van der Waals surface area contributed by atoms with Gasteiger partial charge in [-0.1, -0.05) is 0 Å². The number of hydrogen-bond acceptors (Lipinski definition) is 6. The summed E-state index contributed by atoms with van der Waals surface area (Å²) >= 11 is 0. The van der Waals surface area contributed by atoms with Gasteiger partial charge in [0, 0.05) is 24.4 Å². The molecule has 3 aromatic rings. The van der Waals surface area contributed by atoms with E-state index >= 15 is 0 Å². The van der Waals surface area contributed by atoms with E-state index in [-0.39, 0.29) is 5.75 Å². The molecule has 2 N–H and O–H groups in total. The summed E-state index contributed by atoms with van der Waals surface area (Å²) in [7, 11) is -0.0370. The zero-order valence-electron chi connectivity index (χ0n) is 17.7. The van der Waals surface area contributed by atoms with Crippen LogP contribution in [0.3, 0.4) is 0 Å². The third-order valence-electron chi connectivity index (χ3n) is 5.52. The zero-order valence-corrected chi connectivity index (χ0v) is 18.5. The fourth-order valence-electron chi connectivity index (χ4n) is 3.66. The quantitative estimate of drug-likeness (QED) is 0.521. The van der Waals surface area contributed by atoms with Crippen molar-refractivity contribution >= 4 is 15.5 Å². The summed E-state index contributed by atoms with van der Waals surface area (Å²) in [5.74, 6) is 0.490. The maximum Gasteiger partial charge on any atom is 0.387 e. The maximum atomic E-state index is 13.0. The SMILES string of the molecule is CN(C)CCOc1ccn2ncc(-c3cc(OC(F)F)cc(C4(S(N)(=O)=O)CC4)c3)c2c1. The van der Waals surface area contributed by atoms with Gasteiger partial charge in [-0.2, -0.15) is 13.9 Å². The molecule has 172 valence electrons. The van der Waals surface area contributed by atoms with E-state index in [9.17, 15) is 17.2 Å². The van der Waals surface area contributed by atoms with Crippen LogP contribution in [0.25, 0.3) is 16.6 Å². The monoisotopic (exact) mass is 466 g/mol. The maximum absolute atomic E-state index is 13.0. The normalized spacial score (nSPS) is 15.5. The van der Waals surface area contributed by atoms with Gasteiger partial charge in [-0.15, -0.1) is 0 Å². The molecule has 1 aliphatic carbocycles. The topological polar surface area (TPSA) is 99.2 Å². The first-order valence-electron chi connectivity index (χ1n) is 9.97. The average Bonchev–Trinajstić information content (AvgIpc) is 3.42. The van der Waals surface area contributed by atoms with Crippen molar-refractivity contribution in [3.8, 4) is 22.6 Å². The van der Waals surface area contributed by atoms with E-state index in [1.165, 1.54) is 12.1 Å². The lowest BCUT2D eigenvalue weighted by atomic mass is 10.0. The van der Waals surface area contributed by atoms with Crippen LogP contribution >= 0.6 is 0 Å². The van der Waals surface area contributed by atoms with Crippen LogP contribution in [0.1, 0.15) is 18.4 Å². The van der Waals surface area contributed by atoms with Gasteiger partial charge in [0.25, 0.3) is 0 Å². The summed E-state index contributed by atoms with van der Waals surface area (Å²) in [5, 5.41) is 9.77. The molecule has 2 heterocycles. The molecule has 1 fully saturated rings. The van der Waals surface area contributed by atoms with Crippen molar-refractivity contribution < 1.29 is 26.7 Å². The number of alkyl halides is 2. The number of nitrogens with zero attached hydrogens (tertiary/aromatic N) is 3. The molecule has 32 heavy (non-hydrogen) atoms. The largest absolute Gasteiger partial charge is 0.492 e. The van der Waals surface area contributed by atoms with Crippen molar-refractivity contribution in [1.29, 1.82) is 0 Å². The van der Waals surface area contributed by atoms with Crippen LogP contribution in [0.15, 0.2) is 42.7 Å². The number of benzene rings is 1. The second-order valence-corrected chi connectivity index (χ2v) is 9.94. The minimum absolute atomic E-state index is 0.139. The smallest absolute Gasteiger partial charge is 0.387 e. The molecule has 4 rings (SSSR count). The Morgan fingerprint density at radius 2 is 1.97 bits per heavy atom. The van der Waals surface area contributed by atoms with Gasteiger partial charge in [-0.25, -0.2) is 18.1 Å². The highest BCUT2D eigenvalue weighted by molar-refractivity contribution is 7.90. The predicted molar refractivity (Wildman–Crippen MR) is 115 cm³/mol. The number of ether oxygens (including phenoxy) is 2. The molecule has 0 radical (unpaired) electrons. The van der Waals surface area contributed by atoms with Crippen molar-refractivity contribution in [2.45, 2.75) is 24.2 Å². The molecule has 11 heteroatoms. The van der Waals surface area contributed by atoms with Gasteiger partial charge < -0.3 is 14.4 Å². The number of fused-ring (bicyclic) bond motifs is 1. The summed E-state index contributed by atoms with van der Waals surface area (Å²) < 4.78 is 61.1. The summed E-state index contributed by atoms with van der Waals surface area (Å²) in [6, 6.07) is 7.97. The number of hydrogen-bond donors (Lipinski definition) is 1. The van der Waals surface area contributed by atoms with E-state index in [1.54, 1.807) is 35.1 Å². The van der Waals surface area contributed by atoms with Crippen LogP contribution < -0.4 is 14.6 Å². The molecule has 0 unspecified atom stereocenters. The molecule has 1 aliphatic rings. The third kappa shape index (κ3) is 4.41. The Morgan fingerprint density at radius 3 is 2.59 bits per heavy atom. The molecule has 2 aromatic heterocycles. The zero-order chi connectivity index (χ0) is 23.1. The van der Waals surface area contributed by atoms with Gasteiger partial charge in [-0.05, 0) is 62.3 Å². The van der Waals surface area contributed by atoms with E-state index in [1.807, 2.05) is 19.0 Å². The Morgan fingerprint density at radius 1 is 1.22 bits per heavy atom. The lowest BCUT2D eigenvalue weighted by Gasteiger charge is -2.17. The molecular formula is C21H24F2N4O4S. The number of halogens is 2. The molecule has 0 atom stereocenters. The van der Waals surface area contributed by atoms with Crippen molar-refractivity contribution in [3.05, 3.63) is 48.3 Å². The second kappa shape index (κ2) is 8.30. The number of primary sulfonamides is 1. The van der Waals surface area contributed by atoms with Gasteiger partial charge in [0.2, 0.25) is 10.0 Å². The van der Waals surface area contributed by atoms with Gasteiger partial charge >= 0.3 is 6.61 Å². The van der Waals surface area contributed by atoms with Crippen LogP contribution in [-0.4, -0.2) is 56.8 Å². The van der Waals surface area contributed by atoms with Gasteiger partial charge in [0.15, 0.2) is 0 Å². The fourth-order valence-corrected chi connectivity index (χ4v) is 4.78. The van der Waals surface area contributed by atoms with E-state index in [4.69, 9.17) is 9.88 Å². The summed E-state index contributed by atoms with van der Waals surface area (Å²) in [4.78, 5) is 2.00. The molecular weight excluding hydrogens is 442 g/mol. The van der Waals surface area contributed by atoms with Crippen molar-refractivity contribution in [2.75, 3.05) is 27.2 Å². The molecule has 0 bridgehead atoms. The van der Waals surface area contributed by atoms with Crippen molar-refractivity contribution in [1.82, 2.24) is 14.5 Å². The minimum atomic E-state index is -3.93. The lowest BCUT2D eigenvalue weighted by Crippen LogP contribution is -2.28. The molecule has 1 aromatic carbocycles. The van der Waals surface area contributed by atoms with Crippen LogP contribution in [0.2, 0.25) is 0 Å². The Labute approximate surface area is 184 Å². The Hall–Kier alpha value is -2.76. The highest BCUT2D eigenvalue weighted by Gasteiger charge is 2.54. The lowest BCUT2D eigenvalue weighted by molar-refractivity contribution is -0.0498. The van der Waals surface area contributed by atoms with E-state index in [0.29, 0.717) is 47.4 Å². The van der Waals surface area contributed by atoms with Crippen LogP contribution in [0.4, 0.5) is 8.78 Å². The first-order chi connectivity index (χ1) is 15.1. The molecule has 8 nitrogen and oxygen atoms in total. The van der Waals surface area contributed by atoms with Gasteiger partial charge in [0.1, 0.15) is 22.9 Å². The minimum Gasteiger partial charge on any atom is -0.492 e. The number of sulfonamides is 1. The molecule has 0 saturated heterocycles. The summed E-state index contributed by atoms with van der Waals surface area (Å²) in [6.07, 6.45) is 3.96. The molecule has 0 amide bonds. The average molecular weight is 467 g/mol. The van der Waals surface area contributed by atoms with Gasteiger partial charge in [0.05, 0.1) is 11.7 Å². The van der Waals surface area contributed by atoms with E-state index < -0.39 is 21.4 Å². The number of rotatable bonds is 9. The predicted octanol–water partition coefficient (Wildman–Crippen LogP) is 2.82. The molecule has 0 aliphatic heterocycles. The first kappa shape index (κ1) is 22.4. The highest BCUT2D eigenvalue weighted by Crippen LogP contribution is 2.53. The van der Waals surface area contributed by atoms with Crippen molar-refractivity contribution in [3.63, 3.8) is 0 Å². The highest BCUT2D eigenvalue weighted by atomic mass is 32.2. The van der Waals surface area contributed by atoms with Crippen LogP contribution in [-0.2, 0) is 14.8 Å². The van der Waals surface area contributed by atoms with Crippen LogP contribution in [0, 0.1) is 0 Å². The third-order valence-corrected chi connectivity index (χ3v) is 7.25. The summed E-state index contributed by atoms with van der Waals surface area (Å²) in [5.41, 5.74) is 2.11. The van der Waals surface area contributed by atoms with E-state index in [0.717, 1.165) is 6.54 Å². The first-order valence-corrected chi connectivity index (χ1v) is 11.5. The molecule has 1 saturated carbocycles. The van der Waals surface area contributed by atoms with Gasteiger partial charge in [-0.3, -0.25) is 0 Å². The number of nitrogens with two attached hydrogens (primary N) is 1. The van der Waals surface area contributed by atoms with Crippen molar-refractivity contribution in [2.24, 2.45) is 5.14 Å². The second-order valence-electron chi connectivity index (χ2n) is 8.07. The standard InChI is InChI=1S/C21H24F2N4O4S/c1-26(2)7-8-30-16-3-6-27-19(12-16)18(13-25-27)14-9-15(11-17(10-14)31-20(22)23)21(4-5-21)32(24,28)29/h3,6,9-13,20H,4-5,7-8H2,1-2H3,(H2,24,28,29). The number of aromatic nitrogens is 2. The Balaban J connectivity index is 1.77. The Bertz CT molecular complexity index is 1240. The fraction of sp³-hybridized carbons (Fsp3) is 0.381. The molecule has 0 spiro atoms. The van der Waals surface area contributed by atoms with E-state index in [2.05, 4.69) is 9.84 Å².